The van der Waals surface area contributed by atoms with Gasteiger partial charge in [-0.05, 0) is 134 Å². The van der Waals surface area contributed by atoms with Gasteiger partial charge >= 0.3 is 11.9 Å². The molecule has 12 heteroatoms. The maximum absolute atomic E-state index is 12.9. The Morgan fingerprint density at radius 2 is 1.11 bits per heavy atom. The van der Waals surface area contributed by atoms with Crippen LogP contribution in [0.4, 0.5) is 5.69 Å². The Morgan fingerprint density at radius 1 is 0.623 bits per heavy atom. The summed E-state index contributed by atoms with van der Waals surface area (Å²) in [6.45, 7) is 8.27. The number of nitrogens with zero attached hydrogens (tertiary/aromatic N) is 1. The molecule has 4 aromatic rings. The number of thioether (sulfide) groups is 2. The number of hydrogen-bond donors (Lipinski definition) is 0. The molecule has 0 spiro atoms. The lowest BCUT2D eigenvalue weighted by molar-refractivity contribution is -0.138. The van der Waals surface area contributed by atoms with Gasteiger partial charge in [0.1, 0.15) is 11.5 Å². The van der Waals surface area contributed by atoms with Crippen molar-refractivity contribution in [3.63, 3.8) is 0 Å². The van der Waals surface area contributed by atoms with Gasteiger partial charge in [-0.3, -0.25) is 14.6 Å². The third kappa shape index (κ3) is 14.4. The van der Waals surface area contributed by atoms with Crippen molar-refractivity contribution in [1.29, 1.82) is 0 Å². The Hall–Kier alpha value is -5.10. The van der Waals surface area contributed by atoms with E-state index in [1.807, 2.05) is 24.3 Å². The molecule has 0 heterocycles. The summed E-state index contributed by atoms with van der Waals surface area (Å²) in [5.74, 6) is 0.422. The maximum atomic E-state index is 12.9. The van der Waals surface area contributed by atoms with E-state index in [1.54, 1.807) is 72.9 Å². The van der Waals surface area contributed by atoms with E-state index in [1.165, 1.54) is 0 Å². The fraction of sp³-hybridized carbons (Fsp3) is 0.195. The highest BCUT2D eigenvalue weighted by Gasteiger charge is 2.12. The van der Waals surface area contributed by atoms with Crippen LogP contribution in [0.5, 0.6) is 11.5 Å². The monoisotopic (exact) mass is 771 g/mol. The van der Waals surface area contributed by atoms with Crippen molar-refractivity contribution in [2.45, 2.75) is 35.5 Å². The minimum Gasteiger partial charge on any atom is -0.494 e. The normalized spacial score (nSPS) is 10.7. The van der Waals surface area contributed by atoms with Crippen LogP contribution in [0.2, 0.25) is 5.02 Å². The number of rotatable bonds is 20. The van der Waals surface area contributed by atoms with Crippen molar-refractivity contribution in [1.82, 2.24) is 0 Å². The highest BCUT2D eigenvalue weighted by atomic mass is 35.5. The lowest BCUT2D eigenvalue weighted by atomic mass is 10.2. The Bertz CT molecular complexity index is 1900. The summed E-state index contributed by atoms with van der Waals surface area (Å²) in [5, 5.41) is 0.161. The summed E-state index contributed by atoms with van der Waals surface area (Å²) in [5.41, 5.74) is 2.54. The number of benzene rings is 4. The number of carbonyl (C=O) groups is 4. The zero-order chi connectivity index (χ0) is 37.8. The van der Waals surface area contributed by atoms with E-state index >= 15 is 0 Å². The van der Waals surface area contributed by atoms with Gasteiger partial charge in [0.2, 0.25) is 10.2 Å². The minimum absolute atomic E-state index is 0.0897. The summed E-state index contributed by atoms with van der Waals surface area (Å²) >= 11 is 8.67. The number of esters is 2. The molecule has 9 nitrogen and oxygen atoms in total. The second kappa shape index (κ2) is 22.1. The number of halogens is 1. The van der Waals surface area contributed by atoms with Gasteiger partial charge in [-0.2, -0.15) is 0 Å². The molecule has 0 bridgehead atoms. The highest BCUT2D eigenvalue weighted by Crippen LogP contribution is 2.33. The van der Waals surface area contributed by atoms with Gasteiger partial charge in [0.05, 0.1) is 37.1 Å². The summed E-state index contributed by atoms with van der Waals surface area (Å²) in [4.78, 5) is 53.8. The maximum Gasteiger partial charge on any atom is 0.330 e. The van der Waals surface area contributed by atoms with Crippen LogP contribution in [0.1, 0.15) is 52.0 Å². The number of carbonyl (C=O) groups excluding carboxylic acids is 4. The van der Waals surface area contributed by atoms with Crippen LogP contribution < -0.4 is 9.47 Å². The molecule has 274 valence electrons. The van der Waals surface area contributed by atoms with Gasteiger partial charge in [-0.1, -0.05) is 36.9 Å². The van der Waals surface area contributed by atoms with Crippen LogP contribution >= 0.6 is 35.1 Å². The fourth-order valence-corrected chi connectivity index (χ4v) is 6.15. The molecule has 0 radical (unpaired) electrons. The van der Waals surface area contributed by atoms with Crippen LogP contribution in [-0.4, -0.2) is 54.8 Å². The fourth-order valence-electron chi connectivity index (χ4n) is 4.37. The molecule has 0 aliphatic rings. The van der Waals surface area contributed by atoms with Crippen molar-refractivity contribution in [3.8, 4) is 11.5 Å². The average molecular weight is 772 g/mol. The Morgan fingerprint density at radius 3 is 1.60 bits per heavy atom. The topological polar surface area (TPSA) is 118 Å². The molecule has 53 heavy (non-hydrogen) atoms. The molecule has 0 fully saturated rings. The van der Waals surface area contributed by atoms with Crippen molar-refractivity contribution in [2.24, 2.45) is 4.99 Å². The lowest BCUT2D eigenvalue weighted by Gasteiger charge is -2.08. The van der Waals surface area contributed by atoms with E-state index < -0.39 is 11.9 Å². The van der Waals surface area contributed by atoms with Gasteiger partial charge in [-0.15, -0.1) is 0 Å². The van der Waals surface area contributed by atoms with E-state index in [-0.39, 0.29) is 10.2 Å². The average Bonchev–Trinajstić information content (AvgIpc) is 3.18. The van der Waals surface area contributed by atoms with E-state index in [4.69, 9.17) is 30.5 Å². The van der Waals surface area contributed by atoms with Gasteiger partial charge < -0.3 is 18.9 Å². The molecule has 0 N–H and O–H groups in total. The lowest BCUT2D eigenvalue weighted by Crippen LogP contribution is -2.04. The van der Waals surface area contributed by atoms with E-state index in [0.29, 0.717) is 83.9 Å². The van der Waals surface area contributed by atoms with Crippen LogP contribution in [0.25, 0.3) is 0 Å². The molecule has 0 aliphatic carbocycles. The van der Waals surface area contributed by atoms with Crippen LogP contribution in [0.15, 0.2) is 131 Å². The molecule has 4 aromatic carbocycles. The number of ether oxygens (including phenoxy) is 4. The summed E-state index contributed by atoms with van der Waals surface area (Å²) < 4.78 is 21.3. The molecule has 0 saturated carbocycles. The first kappa shape index (κ1) is 40.7. The number of hydrogen-bond acceptors (Lipinski definition) is 11. The highest BCUT2D eigenvalue weighted by molar-refractivity contribution is 8.14. The molecular formula is C41H38ClNO8S2. The van der Waals surface area contributed by atoms with Crippen molar-refractivity contribution in [3.05, 3.63) is 138 Å². The van der Waals surface area contributed by atoms with Gasteiger partial charge in [0.15, 0.2) is 0 Å². The Labute approximate surface area is 322 Å². The van der Waals surface area contributed by atoms with Crippen LogP contribution in [0, 0.1) is 0 Å². The van der Waals surface area contributed by atoms with E-state index in [2.05, 4.69) is 18.2 Å². The standard InChI is InChI=1S/C41H38ClNO8S2/c1-3-38(44)50-25-7-5-23-48-33-16-11-30(12-17-33)40(46)52-35-20-9-29(10-21-35)28-43-32-15-22-37(36(42)27-32)53-41(47)31-13-18-34(19-14-31)49-24-6-8-26-51-39(45)4-2/h3-4,9-22,27-28H,1-2,5-8,23-26H2. The predicted molar refractivity (Wildman–Crippen MR) is 210 cm³/mol. The predicted octanol–water partition coefficient (Wildman–Crippen LogP) is 9.73. The van der Waals surface area contributed by atoms with E-state index in [9.17, 15) is 19.2 Å². The summed E-state index contributed by atoms with van der Waals surface area (Å²) in [7, 11) is 0. The number of unbranched alkanes of at least 4 members (excludes halogenated alkanes) is 2. The molecule has 4 rings (SSSR count). The molecule has 0 atom stereocenters. The minimum atomic E-state index is -0.441. The summed E-state index contributed by atoms with van der Waals surface area (Å²) in [6, 6.07) is 26.6. The first-order valence-corrected chi connectivity index (χ1v) is 18.7. The Balaban J connectivity index is 1.19. The van der Waals surface area contributed by atoms with Crippen molar-refractivity contribution >= 4 is 69.2 Å². The Kier molecular flexibility index (Phi) is 16.9. The first-order valence-electron chi connectivity index (χ1n) is 16.7. The third-order valence-electron chi connectivity index (χ3n) is 7.19. The molecule has 0 aromatic heterocycles. The third-order valence-corrected chi connectivity index (χ3v) is 9.54. The SMILES string of the molecule is C=CC(=O)OCCCCOc1ccc(C(=O)Sc2ccc(C=Nc3ccc(SC(=O)c4ccc(OCCCCOC(=O)C=C)cc4)c(Cl)c3)cc2)cc1. The van der Waals surface area contributed by atoms with Crippen molar-refractivity contribution in [2.75, 3.05) is 26.4 Å². The van der Waals surface area contributed by atoms with Gasteiger partial charge in [-0.25, -0.2) is 9.59 Å². The zero-order valence-corrected chi connectivity index (χ0v) is 31.3. The largest absolute Gasteiger partial charge is 0.494 e. The first-order chi connectivity index (χ1) is 25.7. The van der Waals surface area contributed by atoms with Gasteiger partial charge in [0.25, 0.3) is 0 Å². The van der Waals surface area contributed by atoms with Gasteiger partial charge in [0, 0.05) is 39.3 Å². The molecule has 0 amide bonds. The quantitative estimate of drug-likeness (QED) is 0.0283. The van der Waals surface area contributed by atoms with Crippen molar-refractivity contribution < 1.29 is 38.1 Å². The number of aliphatic imine (C=N–C) groups is 1. The molecule has 0 unspecified atom stereocenters. The smallest absolute Gasteiger partial charge is 0.330 e. The molecular weight excluding hydrogens is 734 g/mol. The van der Waals surface area contributed by atoms with Crippen LogP contribution in [0.3, 0.4) is 0 Å². The van der Waals surface area contributed by atoms with Crippen LogP contribution in [-0.2, 0) is 19.1 Å². The second-order valence-corrected chi connectivity index (χ2v) is 13.6. The zero-order valence-electron chi connectivity index (χ0n) is 28.9. The second-order valence-electron chi connectivity index (χ2n) is 11.1. The summed E-state index contributed by atoms with van der Waals surface area (Å²) in [6.07, 6.45) is 6.76. The van der Waals surface area contributed by atoms with E-state index in [0.717, 1.165) is 52.6 Å². The molecule has 0 saturated heterocycles. The molecule has 0 aliphatic heterocycles.